The maximum atomic E-state index is 13.5. The maximum absolute atomic E-state index is 13.5. The smallest absolute Gasteiger partial charge is 0.255 e. The summed E-state index contributed by atoms with van der Waals surface area (Å²) in [7, 11) is 0. The Kier molecular flexibility index (Phi) is 3.74. The fourth-order valence-corrected chi connectivity index (χ4v) is 4.46. The molecule has 1 aliphatic heterocycles. The summed E-state index contributed by atoms with van der Waals surface area (Å²) in [6, 6.07) is 11.8. The molecule has 2 aromatic carbocycles. The van der Waals surface area contributed by atoms with Gasteiger partial charge in [0, 0.05) is 17.9 Å². The third kappa shape index (κ3) is 2.70. The molecule has 0 unspecified atom stereocenters. The second kappa shape index (κ2) is 5.90. The van der Waals surface area contributed by atoms with Crippen molar-refractivity contribution in [3.8, 4) is 0 Å². The van der Waals surface area contributed by atoms with E-state index in [0.29, 0.717) is 12.1 Å². The second-order valence-corrected chi connectivity index (χ2v) is 6.96. The number of thioether (sulfide) groups is 1. The van der Waals surface area contributed by atoms with Crippen molar-refractivity contribution in [1.29, 1.82) is 0 Å². The summed E-state index contributed by atoms with van der Waals surface area (Å²) in [5.41, 5.74) is 2.94. The maximum Gasteiger partial charge on any atom is 0.255 e. The van der Waals surface area contributed by atoms with Crippen LogP contribution in [0.1, 0.15) is 21.3 Å². The van der Waals surface area contributed by atoms with Crippen LogP contribution in [0.3, 0.4) is 0 Å². The molecule has 7 heteroatoms. The Bertz CT molecular complexity index is 882. The molecule has 0 aliphatic carbocycles. The number of halogens is 1. The SMILES string of the molecule is O=C(c1ccc2nsnc2c1)N1CCS[C@H]1c1cccc(F)c1. The van der Waals surface area contributed by atoms with Crippen molar-refractivity contribution in [2.75, 3.05) is 12.3 Å². The average Bonchev–Trinajstić information content (AvgIpc) is 3.22. The van der Waals surface area contributed by atoms with Crippen LogP contribution >= 0.6 is 23.5 Å². The molecule has 0 bridgehead atoms. The molecular formula is C16H12FN3OS2. The Balaban J connectivity index is 1.66. The molecule has 23 heavy (non-hydrogen) atoms. The van der Waals surface area contributed by atoms with Crippen molar-refractivity contribution in [2.45, 2.75) is 5.37 Å². The van der Waals surface area contributed by atoms with Crippen molar-refractivity contribution in [1.82, 2.24) is 13.6 Å². The van der Waals surface area contributed by atoms with Crippen LogP contribution in [-0.2, 0) is 0 Å². The molecule has 0 radical (unpaired) electrons. The molecule has 1 aliphatic rings. The summed E-state index contributed by atoms with van der Waals surface area (Å²) in [5, 5.41) is -0.151. The van der Waals surface area contributed by atoms with Crippen LogP contribution in [0.25, 0.3) is 11.0 Å². The highest BCUT2D eigenvalue weighted by Gasteiger charge is 2.31. The van der Waals surface area contributed by atoms with Gasteiger partial charge in [0.05, 0.1) is 11.7 Å². The van der Waals surface area contributed by atoms with Crippen molar-refractivity contribution < 1.29 is 9.18 Å². The molecule has 1 atom stereocenters. The molecule has 116 valence electrons. The minimum atomic E-state index is -0.280. The number of aromatic nitrogens is 2. The monoisotopic (exact) mass is 345 g/mol. The van der Waals surface area contributed by atoms with Gasteiger partial charge in [0.1, 0.15) is 22.2 Å². The third-order valence-corrected chi connectivity index (χ3v) is 5.60. The number of nitrogens with zero attached hydrogens (tertiary/aromatic N) is 3. The number of rotatable bonds is 2. The normalized spacial score (nSPS) is 17.8. The van der Waals surface area contributed by atoms with Gasteiger partial charge in [-0.15, -0.1) is 11.8 Å². The average molecular weight is 345 g/mol. The first-order valence-corrected chi connectivity index (χ1v) is 8.91. The number of fused-ring (bicyclic) bond motifs is 1. The molecule has 2 heterocycles. The molecule has 0 N–H and O–H groups in total. The lowest BCUT2D eigenvalue weighted by Gasteiger charge is -2.24. The molecule has 1 amide bonds. The zero-order valence-corrected chi connectivity index (χ0v) is 13.6. The van der Waals surface area contributed by atoms with E-state index >= 15 is 0 Å². The van der Waals surface area contributed by atoms with Crippen molar-refractivity contribution in [2.24, 2.45) is 0 Å². The predicted octanol–water partition coefficient (Wildman–Crippen LogP) is 3.72. The Morgan fingerprint density at radius 3 is 2.91 bits per heavy atom. The van der Waals surface area contributed by atoms with Crippen molar-refractivity contribution in [3.63, 3.8) is 0 Å². The molecule has 3 aromatic rings. The minimum absolute atomic E-state index is 0.0563. The Labute approximate surface area is 140 Å². The fourth-order valence-electron chi connectivity index (χ4n) is 2.70. The van der Waals surface area contributed by atoms with E-state index in [1.54, 1.807) is 34.9 Å². The number of hydrogen-bond donors (Lipinski definition) is 0. The molecule has 1 aromatic heterocycles. The van der Waals surface area contributed by atoms with Crippen LogP contribution in [0.5, 0.6) is 0 Å². The quantitative estimate of drug-likeness (QED) is 0.710. The highest BCUT2D eigenvalue weighted by Crippen LogP contribution is 2.39. The van der Waals surface area contributed by atoms with Gasteiger partial charge in [-0.05, 0) is 35.9 Å². The number of amides is 1. The molecule has 0 spiro atoms. The topological polar surface area (TPSA) is 46.1 Å². The lowest BCUT2D eigenvalue weighted by Crippen LogP contribution is -2.30. The summed E-state index contributed by atoms with van der Waals surface area (Å²) in [4.78, 5) is 14.6. The summed E-state index contributed by atoms with van der Waals surface area (Å²) in [5.74, 6) is 0.504. The molecule has 0 saturated carbocycles. The zero-order valence-electron chi connectivity index (χ0n) is 12.0. The first-order chi connectivity index (χ1) is 11.2. The van der Waals surface area contributed by atoms with Gasteiger partial charge in [-0.3, -0.25) is 4.79 Å². The number of benzene rings is 2. The summed E-state index contributed by atoms with van der Waals surface area (Å²) < 4.78 is 21.8. The third-order valence-electron chi connectivity index (χ3n) is 3.79. The molecule has 1 saturated heterocycles. The van der Waals surface area contributed by atoms with E-state index in [2.05, 4.69) is 8.75 Å². The van der Waals surface area contributed by atoms with Gasteiger partial charge < -0.3 is 4.90 Å². The Morgan fingerprint density at radius 1 is 1.17 bits per heavy atom. The largest absolute Gasteiger partial charge is 0.322 e. The standard InChI is InChI=1S/C16H12FN3OS2/c17-12-3-1-2-11(8-12)16-20(6-7-22-16)15(21)10-4-5-13-14(9-10)19-23-18-13/h1-5,8-9,16H,6-7H2/t16-/m0/s1. The van der Waals surface area contributed by atoms with Crippen LogP contribution in [0.4, 0.5) is 4.39 Å². The van der Waals surface area contributed by atoms with Crippen LogP contribution in [0, 0.1) is 5.82 Å². The lowest BCUT2D eigenvalue weighted by molar-refractivity contribution is 0.0760. The van der Waals surface area contributed by atoms with Crippen molar-refractivity contribution in [3.05, 3.63) is 59.4 Å². The van der Waals surface area contributed by atoms with E-state index in [0.717, 1.165) is 34.1 Å². The van der Waals surface area contributed by atoms with Crippen molar-refractivity contribution >= 4 is 40.4 Å². The minimum Gasteiger partial charge on any atom is -0.322 e. The van der Waals surface area contributed by atoms with E-state index in [4.69, 9.17) is 0 Å². The van der Waals surface area contributed by atoms with E-state index in [1.165, 1.54) is 12.1 Å². The second-order valence-electron chi connectivity index (χ2n) is 5.24. The first kappa shape index (κ1) is 14.6. The van der Waals surface area contributed by atoms with Gasteiger partial charge in [0.25, 0.3) is 5.91 Å². The van der Waals surface area contributed by atoms with E-state index in [1.807, 2.05) is 12.1 Å². The Morgan fingerprint density at radius 2 is 2.04 bits per heavy atom. The number of carbonyl (C=O) groups excluding carboxylic acids is 1. The Hall–Kier alpha value is -1.99. The summed E-state index contributed by atoms with van der Waals surface area (Å²) in [6.45, 7) is 0.651. The van der Waals surface area contributed by atoms with Crippen LogP contribution < -0.4 is 0 Å². The van der Waals surface area contributed by atoms with Crippen LogP contribution in [0.15, 0.2) is 42.5 Å². The van der Waals surface area contributed by atoms with E-state index in [-0.39, 0.29) is 17.1 Å². The summed E-state index contributed by atoms with van der Waals surface area (Å²) in [6.07, 6.45) is 0. The molecular weight excluding hydrogens is 333 g/mol. The zero-order chi connectivity index (χ0) is 15.8. The molecule has 1 fully saturated rings. The van der Waals surface area contributed by atoms with E-state index in [9.17, 15) is 9.18 Å². The van der Waals surface area contributed by atoms with Gasteiger partial charge in [0.15, 0.2) is 0 Å². The van der Waals surface area contributed by atoms with Gasteiger partial charge in [-0.1, -0.05) is 12.1 Å². The lowest BCUT2D eigenvalue weighted by atomic mass is 10.1. The molecule has 4 nitrogen and oxygen atoms in total. The fraction of sp³-hybridized carbons (Fsp3) is 0.188. The van der Waals surface area contributed by atoms with Gasteiger partial charge >= 0.3 is 0 Å². The van der Waals surface area contributed by atoms with Gasteiger partial charge in [0.2, 0.25) is 0 Å². The van der Waals surface area contributed by atoms with Gasteiger partial charge in [-0.25, -0.2) is 4.39 Å². The van der Waals surface area contributed by atoms with E-state index < -0.39 is 0 Å². The predicted molar refractivity (Wildman–Crippen MR) is 90.1 cm³/mol. The number of hydrogen-bond acceptors (Lipinski definition) is 5. The number of carbonyl (C=O) groups is 1. The van der Waals surface area contributed by atoms with Crippen LogP contribution in [-0.4, -0.2) is 31.9 Å². The van der Waals surface area contributed by atoms with Gasteiger partial charge in [-0.2, -0.15) is 8.75 Å². The highest BCUT2D eigenvalue weighted by molar-refractivity contribution is 7.99. The summed E-state index contributed by atoms with van der Waals surface area (Å²) >= 11 is 2.79. The van der Waals surface area contributed by atoms with Crippen LogP contribution in [0.2, 0.25) is 0 Å². The highest BCUT2D eigenvalue weighted by atomic mass is 32.2. The first-order valence-electron chi connectivity index (χ1n) is 7.13. The molecule has 4 rings (SSSR count).